The quantitative estimate of drug-likeness (QED) is 0.293. The molecule has 0 amide bonds. The molecule has 2 heterocycles. The average Bonchev–Trinajstić information content (AvgIpc) is 2.76. The zero-order valence-corrected chi connectivity index (χ0v) is 20.5. The topological polar surface area (TPSA) is 126 Å². The summed E-state index contributed by atoms with van der Waals surface area (Å²) in [4.78, 5) is 22.8. The van der Waals surface area contributed by atoms with Crippen molar-refractivity contribution in [1.29, 1.82) is 0 Å². The van der Waals surface area contributed by atoms with Gasteiger partial charge in [0.2, 0.25) is 0 Å². The van der Waals surface area contributed by atoms with E-state index in [9.17, 15) is 26.3 Å². The minimum Gasteiger partial charge on any atom is -0.370 e. The Balaban J connectivity index is 0.000000360. The summed E-state index contributed by atoms with van der Waals surface area (Å²) >= 11 is 0. The third-order valence-electron chi connectivity index (χ3n) is 4.20. The van der Waals surface area contributed by atoms with E-state index in [0.29, 0.717) is 36.1 Å². The zero-order valence-electron chi connectivity index (χ0n) is 20.5. The lowest BCUT2D eigenvalue weighted by molar-refractivity contribution is -0.119. The number of nitrogens with zero attached hydrogens (tertiary/aromatic N) is 6. The number of amidine groups is 1. The van der Waals surface area contributed by atoms with Gasteiger partial charge in [0.05, 0.1) is 5.84 Å². The Bertz CT molecular complexity index is 966. The number of alkyl halides is 6. The smallest absolute Gasteiger partial charge is 0.370 e. The Kier molecular flexibility index (Phi) is 11.5. The maximum Gasteiger partial charge on any atom is 0.408 e. The van der Waals surface area contributed by atoms with Crippen LogP contribution in [-0.2, 0) is 12.8 Å². The van der Waals surface area contributed by atoms with E-state index in [0.717, 1.165) is 11.1 Å². The summed E-state index contributed by atoms with van der Waals surface area (Å²) in [6.07, 6.45) is -4.09. The number of aryl methyl sites for hydroxylation is 4. The standard InChI is InChI=1S/C11H15F3N4.C10H14F3N5/c1-4-9-5-15-7(2)17-10(9)18-8(3)16-6-11(12,13)14;1-3-7-4-15-6(2)17-8(7)18-9(14)16-5-10(11,12)13/h5H,4,6H2,1-3H3,(H,15,16,17,18);4H,3,5H2,1-2H3,(H3,14,15,16,17,18). The summed E-state index contributed by atoms with van der Waals surface area (Å²) in [5.41, 5.74) is 6.96. The van der Waals surface area contributed by atoms with Gasteiger partial charge in [-0.05, 0) is 33.6 Å². The first-order valence-corrected chi connectivity index (χ1v) is 10.8. The molecule has 0 spiro atoms. The molecule has 2 rings (SSSR count). The molecule has 2 aromatic rings. The van der Waals surface area contributed by atoms with Gasteiger partial charge < -0.3 is 16.4 Å². The monoisotopic (exact) mass is 521 g/mol. The number of halogens is 6. The van der Waals surface area contributed by atoms with Crippen molar-refractivity contribution in [3.05, 3.63) is 35.2 Å². The fourth-order valence-electron chi connectivity index (χ4n) is 2.48. The normalized spacial score (nSPS) is 12.6. The molecular weight excluding hydrogens is 492 g/mol. The second kappa shape index (κ2) is 13.5. The highest BCUT2D eigenvalue weighted by atomic mass is 19.4. The van der Waals surface area contributed by atoms with Crippen molar-refractivity contribution in [3.63, 3.8) is 0 Å². The van der Waals surface area contributed by atoms with Gasteiger partial charge >= 0.3 is 12.4 Å². The van der Waals surface area contributed by atoms with Crippen molar-refractivity contribution < 1.29 is 26.3 Å². The predicted octanol–water partition coefficient (Wildman–Crippen LogP) is 4.38. The van der Waals surface area contributed by atoms with Gasteiger partial charge in [0, 0.05) is 23.5 Å². The van der Waals surface area contributed by atoms with Crippen LogP contribution >= 0.6 is 0 Å². The van der Waals surface area contributed by atoms with Gasteiger partial charge in [0.1, 0.15) is 36.4 Å². The number of hydrogen-bond donors (Lipinski definition) is 3. The van der Waals surface area contributed by atoms with Crippen molar-refractivity contribution >= 4 is 23.4 Å². The van der Waals surface area contributed by atoms with Crippen molar-refractivity contribution in [2.24, 2.45) is 15.7 Å². The maximum atomic E-state index is 12.0. The highest BCUT2D eigenvalue weighted by Crippen LogP contribution is 2.17. The van der Waals surface area contributed by atoms with E-state index in [4.69, 9.17) is 5.73 Å². The van der Waals surface area contributed by atoms with E-state index in [2.05, 4.69) is 40.6 Å². The molecule has 0 saturated heterocycles. The van der Waals surface area contributed by atoms with Crippen LogP contribution in [0.25, 0.3) is 0 Å². The third-order valence-corrected chi connectivity index (χ3v) is 4.20. The molecule has 0 aliphatic carbocycles. The second-order valence-electron chi connectivity index (χ2n) is 7.37. The molecule has 0 radical (unpaired) electrons. The van der Waals surface area contributed by atoms with Gasteiger partial charge in [-0.25, -0.2) is 24.9 Å². The van der Waals surface area contributed by atoms with Gasteiger partial charge in [-0.3, -0.25) is 4.99 Å². The molecule has 200 valence electrons. The summed E-state index contributed by atoms with van der Waals surface area (Å²) in [5.74, 6) is 1.80. The Hall–Kier alpha value is -3.52. The van der Waals surface area contributed by atoms with Crippen LogP contribution in [0.5, 0.6) is 0 Å². The van der Waals surface area contributed by atoms with Crippen LogP contribution < -0.4 is 16.4 Å². The molecule has 36 heavy (non-hydrogen) atoms. The van der Waals surface area contributed by atoms with Crippen molar-refractivity contribution in [3.8, 4) is 0 Å². The molecule has 0 bridgehead atoms. The Morgan fingerprint density at radius 1 is 0.806 bits per heavy atom. The molecular formula is C21H29F6N9. The van der Waals surface area contributed by atoms with Crippen molar-refractivity contribution in [2.75, 3.05) is 23.7 Å². The average molecular weight is 522 g/mol. The third kappa shape index (κ3) is 12.3. The molecule has 15 heteroatoms. The first-order chi connectivity index (χ1) is 16.6. The van der Waals surface area contributed by atoms with Crippen LogP contribution in [0.3, 0.4) is 0 Å². The maximum absolute atomic E-state index is 12.0. The highest BCUT2D eigenvalue weighted by Gasteiger charge is 2.27. The van der Waals surface area contributed by atoms with Crippen molar-refractivity contribution in [2.45, 2.75) is 59.8 Å². The summed E-state index contributed by atoms with van der Waals surface area (Å²) in [5, 5.41) is 5.33. The minimum atomic E-state index is -4.37. The molecule has 0 atom stereocenters. The number of rotatable bonds is 6. The molecule has 0 aliphatic heterocycles. The van der Waals surface area contributed by atoms with Gasteiger partial charge in [0.15, 0.2) is 5.96 Å². The molecule has 0 unspecified atom stereocenters. The first-order valence-electron chi connectivity index (χ1n) is 10.8. The lowest BCUT2D eigenvalue weighted by Gasteiger charge is -2.10. The lowest BCUT2D eigenvalue weighted by atomic mass is 10.2. The number of nitrogens with two attached hydrogens (primary N) is 1. The van der Waals surface area contributed by atoms with E-state index in [1.165, 1.54) is 6.92 Å². The summed E-state index contributed by atoms with van der Waals surface area (Å²) in [7, 11) is 0. The number of anilines is 2. The minimum absolute atomic E-state index is 0.181. The number of aromatic nitrogens is 4. The lowest BCUT2D eigenvalue weighted by Crippen LogP contribution is -2.26. The van der Waals surface area contributed by atoms with Crippen LogP contribution in [0, 0.1) is 13.8 Å². The van der Waals surface area contributed by atoms with Crippen LogP contribution in [0.4, 0.5) is 38.0 Å². The van der Waals surface area contributed by atoms with Crippen LogP contribution in [0.1, 0.15) is 43.5 Å². The van der Waals surface area contributed by atoms with E-state index < -0.39 is 25.4 Å². The van der Waals surface area contributed by atoms with E-state index in [1.807, 2.05) is 13.8 Å². The van der Waals surface area contributed by atoms with Crippen LogP contribution in [0.15, 0.2) is 22.4 Å². The van der Waals surface area contributed by atoms with E-state index in [-0.39, 0.29) is 11.8 Å². The molecule has 0 fully saturated rings. The Labute approximate surface area is 204 Å². The number of guanidine groups is 1. The molecule has 0 aliphatic rings. The van der Waals surface area contributed by atoms with Gasteiger partial charge in [-0.15, -0.1) is 0 Å². The van der Waals surface area contributed by atoms with Gasteiger partial charge in [0.25, 0.3) is 0 Å². The number of aliphatic imine (C=N–C) groups is 2. The second-order valence-corrected chi connectivity index (χ2v) is 7.37. The van der Waals surface area contributed by atoms with E-state index in [1.54, 1.807) is 26.2 Å². The number of hydrogen-bond acceptors (Lipinski definition) is 6. The van der Waals surface area contributed by atoms with Crippen LogP contribution in [-0.4, -0.2) is 57.2 Å². The fourth-order valence-corrected chi connectivity index (χ4v) is 2.48. The Morgan fingerprint density at radius 3 is 1.64 bits per heavy atom. The predicted molar refractivity (Wildman–Crippen MR) is 126 cm³/mol. The molecule has 2 aromatic heterocycles. The largest absolute Gasteiger partial charge is 0.408 e. The first kappa shape index (κ1) is 30.5. The van der Waals surface area contributed by atoms with Gasteiger partial charge in [-0.2, -0.15) is 26.3 Å². The molecule has 9 nitrogen and oxygen atoms in total. The summed E-state index contributed by atoms with van der Waals surface area (Å²) < 4.78 is 71.9. The summed E-state index contributed by atoms with van der Waals surface area (Å²) in [6.45, 7) is 6.14. The SMILES string of the molecule is CCc1cnc(C)nc1NC(C)=NCC(F)(F)F.CCc1cnc(C)nc1NC(N)=NCC(F)(F)F. The number of nitrogens with one attached hydrogen (secondary N) is 2. The zero-order chi connectivity index (χ0) is 27.5. The van der Waals surface area contributed by atoms with Crippen molar-refractivity contribution in [1.82, 2.24) is 19.9 Å². The highest BCUT2D eigenvalue weighted by molar-refractivity contribution is 5.93. The Morgan fingerprint density at radius 2 is 1.22 bits per heavy atom. The molecule has 0 saturated carbocycles. The fraction of sp³-hybridized carbons (Fsp3) is 0.524. The van der Waals surface area contributed by atoms with Gasteiger partial charge in [-0.1, -0.05) is 13.8 Å². The van der Waals surface area contributed by atoms with E-state index >= 15 is 0 Å². The molecule has 0 aromatic carbocycles. The molecule has 4 N–H and O–H groups in total. The summed E-state index contributed by atoms with van der Waals surface area (Å²) in [6, 6.07) is 0. The van der Waals surface area contributed by atoms with Crippen LogP contribution in [0.2, 0.25) is 0 Å².